The summed E-state index contributed by atoms with van der Waals surface area (Å²) in [6, 6.07) is -3.00. The Hall–Kier alpha value is -3.73. The molecule has 0 spiro atoms. The smallest absolute Gasteiger partial charge is 0.362 e. The quantitative estimate of drug-likeness (QED) is 0.0634. The number of nitrogens with two attached hydrogens (primary N) is 2. The molecule has 3 heterocycles. The first-order valence-corrected chi connectivity index (χ1v) is 15.4. The van der Waals surface area contributed by atoms with E-state index in [1.54, 1.807) is 0 Å². The number of carboxylic acids is 1. The molecule has 19 nitrogen and oxygen atoms in total. The molecular weight excluding hydrogens is 598 g/mol. The van der Waals surface area contributed by atoms with Gasteiger partial charge in [0.1, 0.15) is 17.8 Å². The number of anilines is 1. The first-order valence-electron chi connectivity index (χ1n) is 11.3. The predicted octanol–water partition coefficient (Wildman–Crippen LogP) is -3.27. The number of carboxylic acid groups (broad SMARTS) is 1. The first-order chi connectivity index (χ1) is 18.7. The van der Waals surface area contributed by atoms with E-state index in [-0.39, 0.29) is 46.0 Å². The molecule has 4 rings (SSSR count). The van der Waals surface area contributed by atoms with Crippen LogP contribution in [0.25, 0.3) is 0 Å². The van der Waals surface area contributed by atoms with E-state index in [9.17, 15) is 40.9 Å². The predicted molar refractivity (Wildman–Crippen MR) is 134 cm³/mol. The highest BCUT2D eigenvalue weighted by Crippen LogP contribution is 2.40. The van der Waals surface area contributed by atoms with Crippen LogP contribution in [0.5, 0.6) is 0 Å². The third kappa shape index (κ3) is 6.19. The van der Waals surface area contributed by atoms with Crippen molar-refractivity contribution in [2.75, 3.05) is 18.0 Å². The van der Waals surface area contributed by atoms with Crippen LogP contribution in [0.15, 0.2) is 16.7 Å². The molecule has 1 saturated carbocycles. The minimum Gasteiger partial charge on any atom is -0.478 e. The summed E-state index contributed by atoms with van der Waals surface area (Å²) in [5.74, 6) is -4.39. The highest BCUT2D eigenvalue weighted by atomic mass is 32.2. The lowest BCUT2D eigenvalue weighted by Crippen LogP contribution is -2.73. The second-order valence-corrected chi connectivity index (χ2v) is 13.2. The van der Waals surface area contributed by atoms with E-state index in [1.165, 1.54) is 5.38 Å². The van der Waals surface area contributed by atoms with Gasteiger partial charge < -0.3 is 26.7 Å². The van der Waals surface area contributed by atoms with Crippen LogP contribution in [0.1, 0.15) is 24.2 Å². The van der Waals surface area contributed by atoms with Gasteiger partial charge in [-0.2, -0.15) is 23.4 Å². The van der Waals surface area contributed by atoms with Gasteiger partial charge in [-0.05, 0) is 0 Å². The molecule has 2 aliphatic rings. The van der Waals surface area contributed by atoms with Gasteiger partial charge in [0.2, 0.25) is 5.60 Å². The van der Waals surface area contributed by atoms with Crippen molar-refractivity contribution in [3.05, 3.63) is 23.0 Å². The van der Waals surface area contributed by atoms with Crippen LogP contribution >= 0.6 is 11.3 Å². The van der Waals surface area contributed by atoms with Gasteiger partial charge in [0.15, 0.2) is 20.7 Å². The number of nitrogens with one attached hydrogen (secondary N) is 1. The summed E-state index contributed by atoms with van der Waals surface area (Å²) in [6.45, 7) is -0.589. The summed E-state index contributed by atoms with van der Waals surface area (Å²) in [7, 11) is -8.66. The van der Waals surface area contributed by atoms with E-state index in [1.807, 2.05) is 0 Å². The van der Waals surface area contributed by atoms with Crippen LogP contribution in [-0.4, -0.2) is 104 Å². The van der Waals surface area contributed by atoms with Crippen molar-refractivity contribution in [2.45, 2.75) is 42.8 Å². The van der Waals surface area contributed by atoms with E-state index < -0.39 is 73.6 Å². The third-order valence-electron chi connectivity index (χ3n) is 5.82. The molecule has 0 bridgehead atoms. The largest absolute Gasteiger partial charge is 0.478 e. The fourth-order valence-corrected chi connectivity index (χ4v) is 6.18. The molecule has 2 fully saturated rings. The van der Waals surface area contributed by atoms with Crippen LogP contribution in [0.3, 0.4) is 0 Å². The number of sulfone groups is 1. The monoisotopic (exact) mass is 621 g/mol. The normalized spacial score (nSPS) is 20.6. The van der Waals surface area contributed by atoms with Crippen LogP contribution < -0.4 is 16.8 Å². The van der Waals surface area contributed by atoms with Gasteiger partial charge in [-0.1, -0.05) is 5.16 Å². The lowest BCUT2D eigenvalue weighted by Gasteiger charge is -2.43. The highest BCUT2D eigenvalue weighted by molar-refractivity contribution is 7.90. The van der Waals surface area contributed by atoms with Gasteiger partial charge >= 0.3 is 16.3 Å². The summed E-state index contributed by atoms with van der Waals surface area (Å²) >= 11 is 0.937. The summed E-state index contributed by atoms with van der Waals surface area (Å²) in [5, 5.41) is 24.4. The topological polar surface area (TPSA) is 292 Å². The summed E-state index contributed by atoms with van der Waals surface area (Å²) in [6.07, 6.45) is 1.39. The molecule has 7 N–H and O–H groups in total. The fourth-order valence-electron chi connectivity index (χ4n) is 3.67. The lowest BCUT2D eigenvalue weighted by atomic mass is 9.98. The second kappa shape index (κ2) is 10.7. The maximum Gasteiger partial charge on any atom is 0.362 e. The van der Waals surface area contributed by atoms with E-state index in [0.717, 1.165) is 22.3 Å². The molecule has 0 radical (unpaired) electrons. The van der Waals surface area contributed by atoms with Crippen LogP contribution in [0.4, 0.5) is 5.13 Å². The zero-order chi connectivity index (χ0) is 29.5. The molecule has 2 aromatic rings. The standard InChI is InChI=1S/C18H23N9O10S3/c19-3-4-39(32,33)8-9-5-21-26(24-9)6-11-13(15(29)27(11)40(34,35)36)23-14(28)12(10-7-38-17(20)22-10)25-37-18(1-2-18)16(30)31/h5,7,11,13H,1-4,6,8,19H2,(H2,20,22)(H,23,28)(H,30,31)(H,34,35,36)/t11-,13-/m0/s1. The Balaban J connectivity index is 1.56. The van der Waals surface area contributed by atoms with Gasteiger partial charge in [-0.3, -0.25) is 14.1 Å². The molecule has 1 aliphatic carbocycles. The Morgan fingerprint density at radius 3 is 2.55 bits per heavy atom. The minimum atomic E-state index is -5.08. The second-order valence-electron chi connectivity index (χ2n) is 8.80. The number of nitrogen functional groups attached to an aromatic ring is 1. The van der Waals surface area contributed by atoms with Crippen molar-refractivity contribution >= 4 is 60.1 Å². The Labute approximate surface area is 229 Å². The van der Waals surface area contributed by atoms with Gasteiger partial charge in [0.25, 0.3) is 11.8 Å². The van der Waals surface area contributed by atoms with Crippen molar-refractivity contribution in [2.24, 2.45) is 10.9 Å². The molecule has 2 amide bonds. The molecule has 0 unspecified atom stereocenters. The molecule has 40 heavy (non-hydrogen) atoms. The van der Waals surface area contributed by atoms with Crippen molar-refractivity contribution in [1.82, 2.24) is 29.6 Å². The number of amides is 2. The number of nitrogens with zero attached hydrogens (tertiary/aromatic N) is 6. The van der Waals surface area contributed by atoms with E-state index in [0.29, 0.717) is 0 Å². The van der Waals surface area contributed by atoms with Gasteiger partial charge in [-0.25, -0.2) is 22.5 Å². The van der Waals surface area contributed by atoms with Gasteiger partial charge in [0.05, 0.1) is 29.9 Å². The maximum absolute atomic E-state index is 13.1. The first kappa shape index (κ1) is 29.3. The molecule has 1 saturated heterocycles. The Morgan fingerprint density at radius 2 is 2.00 bits per heavy atom. The number of β-lactam (4-membered cyclic amide) rings is 1. The van der Waals surface area contributed by atoms with E-state index in [4.69, 9.17) is 16.3 Å². The average Bonchev–Trinajstić information content (AvgIpc) is 3.33. The Bertz CT molecular complexity index is 1580. The molecule has 22 heteroatoms. The Morgan fingerprint density at radius 1 is 1.30 bits per heavy atom. The number of thiazole rings is 1. The highest BCUT2D eigenvalue weighted by Gasteiger charge is 2.56. The van der Waals surface area contributed by atoms with E-state index in [2.05, 4.69) is 25.7 Å². The fraction of sp³-hybridized carbons (Fsp3) is 0.500. The number of hydrogen-bond acceptors (Lipinski definition) is 15. The van der Waals surface area contributed by atoms with Crippen LogP contribution in [0.2, 0.25) is 0 Å². The SMILES string of the molecule is NCCS(=O)(=O)Cc1cnn(C[C@H]2[C@H](NC(=O)C(=NOC3(C(=O)O)CC3)c3csc(N)n3)C(=O)N2S(=O)(=O)O)n1. The lowest BCUT2D eigenvalue weighted by molar-refractivity contribution is -0.153. The zero-order valence-corrected chi connectivity index (χ0v) is 22.7. The van der Waals surface area contributed by atoms with E-state index >= 15 is 0 Å². The summed E-state index contributed by atoms with van der Waals surface area (Å²) in [5.41, 5.74) is 8.65. The number of carbonyl (C=O) groups is 3. The third-order valence-corrected chi connectivity index (χ3v) is 9.04. The van der Waals surface area contributed by atoms with Crippen LogP contribution in [0, 0.1) is 0 Å². The number of aromatic nitrogens is 4. The number of hydrogen-bond donors (Lipinski definition) is 5. The average molecular weight is 622 g/mol. The number of carbonyl (C=O) groups excluding carboxylic acids is 2. The summed E-state index contributed by atoms with van der Waals surface area (Å²) < 4.78 is 57.3. The number of rotatable bonds is 13. The minimum absolute atomic E-state index is 0.0122. The maximum atomic E-state index is 13.1. The van der Waals surface area contributed by atoms with Crippen molar-refractivity contribution in [1.29, 1.82) is 0 Å². The molecule has 1 aliphatic heterocycles. The molecule has 2 aromatic heterocycles. The number of aliphatic carboxylic acids is 1. The number of oxime groups is 1. The van der Waals surface area contributed by atoms with Gasteiger partial charge in [-0.15, -0.1) is 11.3 Å². The van der Waals surface area contributed by atoms with Crippen molar-refractivity contribution < 1.29 is 45.7 Å². The summed E-state index contributed by atoms with van der Waals surface area (Å²) in [4.78, 5) is 47.1. The molecule has 0 aromatic carbocycles. The molecular formula is C18H23N9O10S3. The zero-order valence-electron chi connectivity index (χ0n) is 20.3. The molecule has 218 valence electrons. The van der Waals surface area contributed by atoms with Crippen LogP contribution in [-0.2, 0) is 51.7 Å². The Kier molecular flexibility index (Phi) is 7.81. The van der Waals surface area contributed by atoms with Crippen molar-refractivity contribution in [3.63, 3.8) is 0 Å². The molecule has 2 atom stereocenters. The van der Waals surface area contributed by atoms with Crippen molar-refractivity contribution in [3.8, 4) is 0 Å². The van der Waals surface area contributed by atoms with Gasteiger partial charge in [0, 0.05) is 24.8 Å².